The van der Waals surface area contributed by atoms with E-state index in [4.69, 9.17) is 21.3 Å². The standard InChI is InChI=1S/C19H15ClN2OS/c1-23-14-8-6-12-7-9-17-18(15(12)10-14)22-19(24-17)21-11-13-4-2-3-5-16(13)20/h2-6,8,10-11H,7,9H2,1H3. The number of aromatic nitrogens is 1. The number of halogens is 1. The molecule has 0 atom stereocenters. The maximum Gasteiger partial charge on any atom is 0.209 e. The Morgan fingerprint density at radius 3 is 2.92 bits per heavy atom. The van der Waals surface area contributed by atoms with Crippen LogP contribution in [0.2, 0.25) is 5.02 Å². The minimum atomic E-state index is 0.692. The van der Waals surface area contributed by atoms with Crippen molar-refractivity contribution in [1.82, 2.24) is 4.98 Å². The summed E-state index contributed by atoms with van der Waals surface area (Å²) in [6.07, 6.45) is 3.81. The van der Waals surface area contributed by atoms with Gasteiger partial charge in [0.25, 0.3) is 0 Å². The number of benzene rings is 2. The lowest BCUT2D eigenvalue weighted by Gasteiger charge is -2.15. The van der Waals surface area contributed by atoms with Gasteiger partial charge in [0.2, 0.25) is 5.13 Å². The average molecular weight is 355 g/mol. The molecule has 0 radical (unpaired) electrons. The van der Waals surface area contributed by atoms with Gasteiger partial charge in [-0.05, 0) is 36.6 Å². The van der Waals surface area contributed by atoms with E-state index in [2.05, 4.69) is 17.1 Å². The van der Waals surface area contributed by atoms with Crippen LogP contribution in [-0.2, 0) is 12.8 Å². The lowest BCUT2D eigenvalue weighted by molar-refractivity contribution is 0.415. The van der Waals surface area contributed by atoms with E-state index >= 15 is 0 Å². The molecule has 0 unspecified atom stereocenters. The van der Waals surface area contributed by atoms with E-state index in [1.807, 2.05) is 30.3 Å². The highest BCUT2D eigenvalue weighted by Crippen LogP contribution is 2.40. The summed E-state index contributed by atoms with van der Waals surface area (Å²) in [5, 5.41) is 1.45. The highest BCUT2D eigenvalue weighted by atomic mass is 35.5. The van der Waals surface area contributed by atoms with Crippen LogP contribution in [0.1, 0.15) is 16.0 Å². The predicted molar refractivity (Wildman–Crippen MR) is 100 cm³/mol. The van der Waals surface area contributed by atoms with Crippen molar-refractivity contribution in [2.45, 2.75) is 12.8 Å². The van der Waals surface area contributed by atoms with Crippen LogP contribution in [0.25, 0.3) is 11.3 Å². The van der Waals surface area contributed by atoms with Crippen molar-refractivity contribution in [3.05, 3.63) is 63.5 Å². The van der Waals surface area contributed by atoms with Crippen molar-refractivity contribution in [1.29, 1.82) is 0 Å². The smallest absolute Gasteiger partial charge is 0.209 e. The minimum Gasteiger partial charge on any atom is -0.497 e. The second-order valence-corrected chi connectivity index (χ2v) is 7.04. The topological polar surface area (TPSA) is 34.5 Å². The van der Waals surface area contributed by atoms with Gasteiger partial charge < -0.3 is 4.74 Å². The van der Waals surface area contributed by atoms with Gasteiger partial charge in [0.1, 0.15) is 5.75 Å². The van der Waals surface area contributed by atoms with Crippen LogP contribution in [0.4, 0.5) is 5.13 Å². The van der Waals surface area contributed by atoms with Crippen LogP contribution in [-0.4, -0.2) is 18.3 Å². The Morgan fingerprint density at radius 2 is 2.08 bits per heavy atom. The van der Waals surface area contributed by atoms with Gasteiger partial charge in [0, 0.05) is 27.2 Å². The molecule has 24 heavy (non-hydrogen) atoms. The van der Waals surface area contributed by atoms with Crippen molar-refractivity contribution >= 4 is 34.3 Å². The number of thiazole rings is 1. The number of hydrogen-bond acceptors (Lipinski definition) is 4. The minimum absolute atomic E-state index is 0.692. The van der Waals surface area contributed by atoms with Crippen molar-refractivity contribution < 1.29 is 4.74 Å². The molecular weight excluding hydrogens is 340 g/mol. The predicted octanol–water partition coefficient (Wildman–Crippen LogP) is 5.32. The molecule has 0 fully saturated rings. The van der Waals surface area contributed by atoms with Gasteiger partial charge in [0.05, 0.1) is 12.8 Å². The summed E-state index contributed by atoms with van der Waals surface area (Å²) in [6.45, 7) is 0. The quantitative estimate of drug-likeness (QED) is 0.596. The highest BCUT2D eigenvalue weighted by molar-refractivity contribution is 7.15. The number of ether oxygens (including phenoxy) is 1. The third-order valence-corrected chi connectivity index (χ3v) is 5.47. The zero-order valence-electron chi connectivity index (χ0n) is 13.1. The molecule has 0 saturated carbocycles. The van der Waals surface area contributed by atoms with Crippen LogP contribution < -0.4 is 4.74 Å². The zero-order valence-corrected chi connectivity index (χ0v) is 14.7. The molecule has 4 rings (SSSR count). The van der Waals surface area contributed by atoms with Gasteiger partial charge in [-0.1, -0.05) is 47.2 Å². The van der Waals surface area contributed by atoms with E-state index in [0.29, 0.717) is 5.02 Å². The molecule has 0 saturated heterocycles. The van der Waals surface area contributed by atoms with Crippen LogP contribution in [0.3, 0.4) is 0 Å². The first-order chi connectivity index (χ1) is 11.7. The summed E-state index contributed by atoms with van der Waals surface area (Å²) in [7, 11) is 1.69. The van der Waals surface area contributed by atoms with Gasteiger partial charge in [-0.15, -0.1) is 0 Å². The van der Waals surface area contributed by atoms with Gasteiger partial charge >= 0.3 is 0 Å². The van der Waals surface area contributed by atoms with E-state index in [9.17, 15) is 0 Å². The Morgan fingerprint density at radius 1 is 1.21 bits per heavy atom. The number of hydrogen-bond donors (Lipinski definition) is 0. The SMILES string of the molecule is COc1ccc2c(c1)-c1nc(N=Cc3ccccc3Cl)sc1CC2. The normalized spacial score (nSPS) is 12.9. The molecule has 120 valence electrons. The zero-order chi connectivity index (χ0) is 16.5. The van der Waals surface area contributed by atoms with Crippen molar-refractivity contribution in [3.8, 4) is 17.0 Å². The van der Waals surface area contributed by atoms with Gasteiger partial charge in [0.15, 0.2) is 0 Å². The maximum absolute atomic E-state index is 6.17. The van der Waals surface area contributed by atoms with Gasteiger partial charge in [-0.3, -0.25) is 0 Å². The Bertz CT molecular complexity index is 933. The Balaban J connectivity index is 1.70. The number of aliphatic imine (C=N–C) groups is 1. The molecule has 5 heteroatoms. The molecule has 1 aromatic heterocycles. The molecule has 0 amide bonds. The molecule has 0 N–H and O–H groups in total. The Kier molecular flexibility index (Phi) is 4.08. The van der Waals surface area contributed by atoms with Crippen molar-refractivity contribution in [3.63, 3.8) is 0 Å². The van der Waals surface area contributed by atoms with Crippen LogP contribution in [0, 0.1) is 0 Å². The van der Waals surface area contributed by atoms with E-state index in [0.717, 1.165) is 40.5 Å². The summed E-state index contributed by atoms with van der Waals surface area (Å²) >= 11 is 7.81. The number of methoxy groups -OCH3 is 1. The molecular formula is C19H15ClN2OS. The maximum atomic E-state index is 6.17. The molecule has 1 aliphatic rings. The first kappa shape index (κ1) is 15.4. The van der Waals surface area contributed by atoms with Crippen LogP contribution in [0.5, 0.6) is 5.75 Å². The van der Waals surface area contributed by atoms with Crippen LogP contribution >= 0.6 is 22.9 Å². The van der Waals surface area contributed by atoms with Crippen molar-refractivity contribution in [2.24, 2.45) is 4.99 Å². The van der Waals surface area contributed by atoms with Crippen molar-refractivity contribution in [2.75, 3.05) is 7.11 Å². The second kappa shape index (κ2) is 6.38. The lowest BCUT2D eigenvalue weighted by atomic mass is 9.93. The van der Waals surface area contributed by atoms with E-state index in [-0.39, 0.29) is 0 Å². The number of aryl methyl sites for hydroxylation is 2. The van der Waals surface area contributed by atoms with Gasteiger partial charge in [-0.2, -0.15) is 0 Å². The molecule has 3 nitrogen and oxygen atoms in total. The fourth-order valence-electron chi connectivity index (χ4n) is 2.85. The lowest BCUT2D eigenvalue weighted by Crippen LogP contribution is -2.02. The van der Waals surface area contributed by atoms with Gasteiger partial charge in [-0.25, -0.2) is 9.98 Å². The molecule has 1 aliphatic carbocycles. The fourth-order valence-corrected chi connectivity index (χ4v) is 3.95. The second-order valence-electron chi connectivity index (χ2n) is 5.57. The van der Waals surface area contributed by atoms with E-state index in [1.54, 1.807) is 24.7 Å². The summed E-state index contributed by atoms with van der Waals surface area (Å²) in [5.41, 5.74) is 4.40. The van der Waals surface area contributed by atoms with Crippen LogP contribution in [0.15, 0.2) is 47.5 Å². The largest absolute Gasteiger partial charge is 0.497 e. The average Bonchev–Trinajstić information content (AvgIpc) is 3.04. The molecule has 0 spiro atoms. The van der Waals surface area contributed by atoms with E-state index in [1.165, 1.54) is 10.4 Å². The third-order valence-electron chi connectivity index (χ3n) is 4.10. The Labute approximate surface area is 149 Å². The third kappa shape index (κ3) is 2.83. The highest BCUT2D eigenvalue weighted by Gasteiger charge is 2.21. The molecule has 0 bridgehead atoms. The first-order valence-electron chi connectivity index (χ1n) is 7.70. The number of nitrogens with zero attached hydrogens (tertiary/aromatic N) is 2. The van der Waals surface area contributed by atoms with E-state index < -0.39 is 0 Å². The first-order valence-corrected chi connectivity index (χ1v) is 8.89. The summed E-state index contributed by atoms with van der Waals surface area (Å²) in [4.78, 5) is 10.5. The fraction of sp³-hybridized carbons (Fsp3) is 0.158. The molecule has 2 aromatic carbocycles. The summed E-state index contributed by atoms with van der Waals surface area (Å²) in [5.74, 6) is 0.857. The molecule has 0 aliphatic heterocycles. The molecule has 3 aromatic rings. The Hall–Kier alpha value is -2.17. The molecule has 1 heterocycles. The number of rotatable bonds is 3. The number of fused-ring (bicyclic) bond motifs is 3. The monoisotopic (exact) mass is 354 g/mol. The summed E-state index contributed by atoms with van der Waals surface area (Å²) < 4.78 is 5.35. The summed E-state index contributed by atoms with van der Waals surface area (Å²) in [6, 6.07) is 13.9.